The van der Waals surface area contributed by atoms with Gasteiger partial charge in [-0.05, 0) is 36.8 Å². The molecule has 0 aliphatic carbocycles. The highest BCUT2D eigenvalue weighted by Crippen LogP contribution is 2.27. The topological polar surface area (TPSA) is 35.5 Å². The lowest BCUT2D eigenvalue weighted by Gasteiger charge is -1.95. The standard InChI is InChI=1S/C12H22O3P/c1-5-11(6-2)9-14-16(13)15-10-12(7-3)8-4/h9-10H,5-8H2,1-4H3/q+1. The van der Waals surface area contributed by atoms with E-state index >= 15 is 0 Å². The Hall–Kier alpha value is -0.820. The van der Waals surface area contributed by atoms with E-state index in [-0.39, 0.29) is 0 Å². The van der Waals surface area contributed by atoms with Gasteiger partial charge in [0.15, 0.2) is 12.5 Å². The molecule has 0 aliphatic rings. The van der Waals surface area contributed by atoms with Crippen LogP contribution in [0.1, 0.15) is 53.4 Å². The third kappa shape index (κ3) is 6.62. The molecule has 0 heterocycles. The molecule has 0 amide bonds. The van der Waals surface area contributed by atoms with E-state index in [2.05, 4.69) is 0 Å². The van der Waals surface area contributed by atoms with Gasteiger partial charge in [0.25, 0.3) is 0 Å². The van der Waals surface area contributed by atoms with Gasteiger partial charge in [0.05, 0.1) is 0 Å². The van der Waals surface area contributed by atoms with Crippen molar-refractivity contribution in [2.45, 2.75) is 53.4 Å². The van der Waals surface area contributed by atoms with E-state index in [0.717, 1.165) is 36.8 Å². The van der Waals surface area contributed by atoms with Crippen molar-refractivity contribution in [3.8, 4) is 0 Å². The van der Waals surface area contributed by atoms with E-state index in [1.807, 2.05) is 27.7 Å². The predicted octanol–water partition coefficient (Wildman–Crippen LogP) is 5.08. The van der Waals surface area contributed by atoms with Crippen LogP contribution in [0.25, 0.3) is 0 Å². The van der Waals surface area contributed by atoms with Gasteiger partial charge in [-0.15, -0.1) is 0 Å². The molecule has 0 N–H and O–H groups in total. The Balaban J connectivity index is 4.09. The molecule has 0 atom stereocenters. The average molecular weight is 245 g/mol. The van der Waals surface area contributed by atoms with Crippen molar-refractivity contribution in [3.05, 3.63) is 23.7 Å². The molecule has 0 aliphatic heterocycles. The molecule has 0 saturated heterocycles. The summed E-state index contributed by atoms with van der Waals surface area (Å²) >= 11 is 0. The molecule has 0 rings (SSSR count). The van der Waals surface area contributed by atoms with E-state index < -0.39 is 8.25 Å². The maximum absolute atomic E-state index is 11.3. The molecule has 0 aromatic rings. The number of rotatable bonds is 8. The van der Waals surface area contributed by atoms with Crippen LogP contribution in [0.2, 0.25) is 0 Å². The second kappa shape index (κ2) is 9.41. The first-order valence-corrected chi connectivity index (χ1v) is 6.93. The quantitative estimate of drug-likeness (QED) is 0.441. The average Bonchev–Trinajstić information content (AvgIpc) is 2.31. The SMILES string of the molecule is CCC(=CO[P+](=O)OC=C(CC)CC)CC. The summed E-state index contributed by atoms with van der Waals surface area (Å²) < 4.78 is 21.3. The van der Waals surface area contributed by atoms with Gasteiger partial charge < -0.3 is 0 Å². The minimum atomic E-state index is -2.07. The van der Waals surface area contributed by atoms with Gasteiger partial charge in [-0.25, -0.2) is 9.05 Å². The second-order valence-corrected chi connectivity index (χ2v) is 4.27. The largest absolute Gasteiger partial charge is 0.804 e. The molecule has 0 unspecified atom stereocenters. The van der Waals surface area contributed by atoms with Crippen LogP contribution in [0.3, 0.4) is 0 Å². The summed E-state index contributed by atoms with van der Waals surface area (Å²) in [5.41, 5.74) is 2.25. The second-order valence-electron chi connectivity index (χ2n) is 3.40. The summed E-state index contributed by atoms with van der Waals surface area (Å²) in [5.74, 6) is 0. The molecule has 0 fully saturated rings. The van der Waals surface area contributed by atoms with Gasteiger partial charge in [0, 0.05) is 4.57 Å². The lowest BCUT2D eigenvalue weighted by atomic mass is 10.2. The Morgan fingerprint density at radius 2 is 1.19 bits per heavy atom. The van der Waals surface area contributed by atoms with Gasteiger partial charge in [0.2, 0.25) is 0 Å². The molecule has 0 radical (unpaired) electrons. The molecule has 0 bridgehead atoms. The Morgan fingerprint density at radius 1 is 0.875 bits per heavy atom. The van der Waals surface area contributed by atoms with Crippen LogP contribution in [0.15, 0.2) is 23.7 Å². The molecule has 4 heteroatoms. The lowest BCUT2D eigenvalue weighted by Crippen LogP contribution is -1.81. The summed E-state index contributed by atoms with van der Waals surface area (Å²) in [6.45, 7) is 8.16. The lowest BCUT2D eigenvalue weighted by molar-refractivity contribution is 0.350. The van der Waals surface area contributed by atoms with Crippen LogP contribution in [0.4, 0.5) is 0 Å². The maximum Gasteiger partial charge on any atom is 0.804 e. The Bertz CT molecular complexity index is 231. The van der Waals surface area contributed by atoms with Crippen LogP contribution < -0.4 is 0 Å². The molecular formula is C12H22O3P+. The van der Waals surface area contributed by atoms with E-state index in [1.54, 1.807) is 12.5 Å². The van der Waals surface area contributed by atoms with Gasteiger partial charge in [0.1, 0.15) is 0 Å². The van der Waals surface area contributed by atoms with Gasteiger partial charge in [-0.1, -0.05) is 27.7 Å². The van der Waals surface area contributed by atoms with Crippen LogP contribution in [0.5, 0.6) is 0 Å². The molecule has 92 valence electrons. The smallest absolute Gasteiger partial charge is 0.230 e. The minimum Gasteiger partial charge on any atom is -0.230 e. The molecule has 0 aromatic carbocycles. The van der Waals surface area contributed by atoms with E-state index in [4.69, 9.17) is 9.05 Å². The molecule has 16 heavy (non-hydrogen) atoms. The zero-order chi connectivity index (χ0) is 12.4. The van der Waals surface area contributed by atoms with Gasteiger partial charge in [-0.3, -0.25) is 0 Å². The fraction of sp³-hybridized carbons (Fsp3) is 0.667. The first-order valence-electron chi connectivity index (χ1n) is 5.84. The number of allylic oxidation sites excluding steroid dienone is 2. The molecular weight excluding hydrogens is 223 g/mol. The van der Waals surface area contributed by atoms with Crippen molar-refractivity contribution in [1.82, 2.24) is 0 Å². The highest BCUT2D eigenvalue weighted by atomic mass is 31.1. The van der Waals surface area contributed by atoms with Crippen LogP contribution in [0, 0.1) is 0 Å². The van der Waals surface area contributed by atoms with Crippen molar-refractivity contribution in [3.63, 3.8) is 0 Å². The normalized spacial score (nSPS) is 9.25. The minimum absolute atomic E-state index is 0.907. The third-order valence-electron chi connectivity index (χ3n) is 2.43. The highest BCUT2D eigenvalue weighted by molar-refractivity contribution is 7.33. The zero-order valence-electron chi connectivity index (χ0n) is 10.7. The van der Waals surface area contributed by atoms with Crippen molar-refractivity contribution >= 4 is 8.25 Å². The van der Waals surface area contributed by atoms with Gasteiger partial charge in [-0.2, -0.15) is 0 Å². The van der Waals surface area contributed by atoms with E-state index in [1.165, 1.54) is 0 Å². The Morgan fingerprint density at radius 3 is 1.44 bits per heavy atom. The predicted molar refractivity (Wildman–Crippen MR) is 67.1 cm³/mol. The number of hydrogen-bond acceptors (Lipinski definition) is 3. The summed E-state index contributed by atoms with van der Waals surface area (Å²) in [6.07, 6.45) is 6.72. The Kier molecular flexibility index (Phi) is 8.93. The monoisotopic (exact) mass is 245 g/mol. The highest BCUT2D eigenvalue weighted by Gasteiger charge is 2.18. The number of hydrogen-bond donors (Lipinski definition) is 0. The summed E-state index contributed by atoms with van der Waals surface area (Å²) in [7, 11) is -2.07. The summed E-state index contributed by atoms with van der Waals surface area (Å²) in [5, 5.41) is 0. The molecule has 0 saturated carbocycles. The zero-order valence-corrected chi connectivity index (χ0v) is 11.5. The fourth-order valence-electron chi connectivity index (χ4n) is 1.09. The van der Waals surface area contributed by atoms with E-state index in [0.29, 0.717) is 0 Å². The third-order valence-corrected chi connectivity index (χ3v) is 2.98. The summed E-state index contributed by atoms with van der Waals surface area (Å²) in [4.78, 5) is 0. The van der Waals surface area contributed by atoms with Crippen molar-refractivity contribution in [2.24, 2.45) is 0 Å². The van der Waals surface area contributed by atoms with Crippen LogP contribution >= 0.6 is 8.25 Å². The molecule has 3 nitrogen and oxygen atoms in total. The van der Waals surface area contributed by atoms with Gasteiger partial charge >= 0.3 is 8.25 Å². The fourth-order valence-corrected chi connectivity index (χ4v) is 1.61. The van der Waals surface area contributed by atoms with Crippen LogP contribution in [-0.2, 0) is 13.6 Å². The van der Waals surface area contributed by atoms with Crippen molar-refractivity contribution in [2.75, 3.05) is 0 Å². The maximum atomic E-state index is 11.3. The Labute approximate surface area is 99.5 Å². The van der Waals surface area contributed by atoms with Crippen molar-refractivity contribution < 1.29 is 13.6 Å². The molecule has 0 spiro atoms. The summed E-state index contributed by atoms with van der Waals surface area (Å²) in [6, 6.07) is 0. The van der Waals surface area contributed by atoms with E-state index in [9.17, 15) is 4.57 Å². The molecule has 0 aromatic heterocycles. The van der Waals surface area contributed by atoms with Crippen LogP contribution in [-0.4, -0.2) is 0 Å². The van der Waals surface area contributed by atoms with Crippen molar-refractivity contribution in [1.29, 1.82) is 0 Å². The first-order chi connectivity index (χ1) is 7.67. The first kappa shape index (κ1) is 15.2.